The molecule has 0 bridgehead atoms. The zero-order valence-corrected chi connectivity index (χ0v) is 22.1. The van der Waals surface area contributed by atoms with E-state index in [4.69, 9.17) is 14.2 Å². The Bertz CT molecular complexity index is 818. The number of aliphatic hydroxyl groups is 2. The summed E-state index contributed by atoms with van der Waals surface area (Å²) in [5.74, 6) is -0.386. The minimum atomic E-state index is -0.943. The van der Waals surface area contributed by atoms with Crippen molar-refractivity contribution in [2.24, 2.45) is 5.92 Å². The molecule has 0 aromatic carbocycles. The Morgan fingerprint density at radius 1 is 1.20 bits per heavy atom. The summed E-state index contributed by atoms with van der Waals surface area (Å²) in [4.78, 5) is 23.3. The Labute approximate surface area is 209 Å². The molecule has 0 aliphatic carbocycles. The van der Waals surface area contributed by atoms with E-state index in [1.165, 1.54) is 13.0 Å². The zero-order valence-electron chi connectivity index (χ0n) is 22.1. The van der Waals surface area contributed by atoms with Crippen molar-refractivity contribution in [2.75, 3.05) is 0 Å². The fraction of sp³-hybridized carbons (Fsp3) is 0.704. The number of allylic oxidation sites excluding steroid dienone is 2. The van der Waals surface area contributed by atoms with Crippen molar-refractivity contribution in [3.8, 4) is 0 Å². The molecule has 0 aromatic rings. The predicted molar refractivity (Wildman–Crippen MR) is 134 cm³/mol. The number of rotatable bonds is 8. The number of carbonyl (C=O) groups is 2. The van der Waals surface area contributed by atoms with Gasteiger partial charge in [0.2, 0.25) is 5.91 Å². The third-order valence-electron chi connectivity index (χ3n) is 6.52. The van der Waals surface area contributed by atoms with Crippen LogP contribution < -0.4 is 5.32 Å². The van der Waals surface area contributed by atoms with E-state index in [2.05, 4.69) is 18.3 Å². The molecule has 8 heteroatoms. The van der Waals surface area contributed by atoms with Gasteiger partial charge in [0.15, 0.2) is 0 Å². The summed E-state index contributed by atoms with van der Waals surface area (Å²) >= 11 is 0. The Balaban J connectivity index is 1.86. The van der Waals surface area contributed by atoms with Crippen LogP contribution in [0, 0.1) is 5.92 Å². The maximum Gasteiger partial charge on any atom is 0.303 e. The Morgan fingerprint density at radius 2 is 1.89 bits per heavy atom. The second kappa shape index (κ2) is 12.8. The number of ether oxygens (including phenoxy) is 3. The highest BCUT2D eigenvalue weighted by atomic mass is 16.5. The number of hydrogen-bond acceptors (Lipinski definition) is 7. The lowest BCUT2D eigenvalue weighted by Gasteiger charge is -2.40. The molecule has 2 fully saturated rings. The molecule has 2 saturated heterocycles. The van der Waals surface area contributed by atoms with Crippen LogP contribution in [0.15, 0.2) is 36.0 Å². The molecule has 1 amide bonds. The first-order valence-corrected chi connectivity index (χ1v) is 12.5. The lowest BCUT2D eigenvalue weighted by Crippen LogP contribution is -2.51. The van der Waals surface area contributed by atoms with E-state index in [1.54, 1.807) is 19.1 Å². The molecular weight excluding hydrogens is 450 g/mol. The molecule has 0 unspecified atom stereocenters. The van der Waals surface area contributed by atoms with Gasteiger partial charge in [-0.3, -0.25) is 9.59 Å². The topological polar surface area (TPSA) is 114 Å². The highest BCUT2D eigenvalue weighted by Gasteiger charge is 2.39. The summed E-state index contributed by atoms with van der Waals surface area (Å²) < 4.78 is 17.1. The second-order valence-corrected chi connectivity index (χ2v) is 10.5. The van der Waals surface area contributed by atoms with E-state index >= 15 is 0 Å². The molecule has 2 aliphatic rings. The highest BCUT2D eigenvalue weighted by Crippen LogP contribution is 2.30. The van der Waals surface area contributed by atoms with E-state index in [9.17, 15) is 19.8 Å². The Morgan fingerprint density at radius 3 is 2.54 bits per heavy atom. The molecule has 2 rings (SSSR count). The van der Waals surface area contributed by atoms with Crippen molar-refractivity contribution in [1.82, 2.24) is 5.32 Å². The normalized spacial score (nSPS) is 34.7. The van der Waals surface area contributed by atoms with Crippen LogP contribution in [0.3, 0.4) is 0 Å². The molecular formula is C27H43NO7. The van der Waals surface area contributed by atoms with E-state index < -0.39 is 30.0 Å². The smallest absolute Gasteiger partial charge is 0.303 e. The van der Waals surface area contributed by atoms with Gasteiger partial charge < -0.3 is 29.7 Å². The third kappa shape index (κ3) is 9.52. The van der Waals surface area contributed by atoms with E-state index in [0.717, 1.165) is 18.4 Å². The molecule has 0 saturated carbocycles. The molecule has 35 heavy (non-hydrogen) atoms. The van der Waals surface area contributed by atoms with Gasteiger partial charge in [-0.1, -0.05) is 30.7 Å². The number of amides is 1. The quantitative estimate of drug-likeness (QED) is 0.271. The van der Waals surface area contributed by atoms with Crippen LogP contribution in [0.25, 0.3) is 0 Å². The SMILES string of the molecule is CC(=O)O[C@@H](C)/C=C\C(=O)N[C@@H]1C[C@H](C)[C@H](C/C=C(C)/C=C/[C@H]2OC(C)(C)C[C@H](O)[C@@H]2O)O[C@@H]1C. The van der Waals surface area contributed by atoms with Crippen LogP contribution in [-0.2, 0) is 23.8 Å². The van der Waals surface area contributed by atoms with Crippen molar-refractivity contribution in [1.29, 1.82) is 0 Å². The molecule has 8 atom stereocenters. The minimum Gasteiger partial charge on any atom is -0.459 e. The maximum atomic E-state index is 12.3. The summed E-state index contributed by atoms with van der Waals surface area (Å²) in [5.41, 5.74) is 0.527. The first-order valence-electron chi connectivity index (χ1n) is 12.5. The summed E-state index contributed by atoms with van der Waals surface area (Å²) in [6.07, 6.45) is 7.78. The van der Waals surface area contributed by atoms with Gasteiger partial charge in [0.1, 0.15) is 18.3 Å². The molecule has 8 nitrogen and oxygen atoms in total. The van der Waals surface area contributed by atoms with Crippen LogP contribution in [0.4, 0.5) is 0 Å². The molecule has 0 spiro atoms. The lowest BCUT2D eigenvalue weighted by molar-refractivity contribution is -0.185. The predicted octanol–water partition coefficient (Wildman–Crippen LogP) is 2.97. The van der Waals surface area contributed by atoms with Crippen LogP contribution >= 0.6 is 0 Å². The Hall–Kier alpha value is -2.00. The van der Waals surface area contributed by atoms with Crippen LogP contribution in [0.2, 0.25) is 0 Å². The molecule has 2 aliphatic heterocycles. The number of hydrogen-bond donors (Lipinski definition) is 3. The molecule has 2 heterocycles. The largest absolute Gasteiger partial charge is 0.459 e. The first-order chi connectivity index (χ1) is 16.3. The van der Waals surface area contributed by atoms with Crippen LogP contribution in [0.1, 0.15) is 67.7 Å². The molecule has 0 radical (unpaired) electrons. The third-order valence-corrected chi connectivity index (χ3v) is 6.52. The van der Waals surface area contributed by atoms with Crippen molar-refractivity contribution < 1.29 is 34.0 Å². The molecule has 0 aromatic heterocycles. The fourth-order valence-electron chi connectivity index (χ4n) is 4.57. The first kappa shape index (κ1) is 29.2. The number of nitrogens with one attached hydrogen (secondary N) is 1. The van der Waals surface area contributed by atoms with Crippen molar-refractivity contribution >= 4 is 11.9 Å². The monoisotopic (exact) mass is 493 g/mol. The standard InChI is InChI=1S/C27H43NO7/c1-16(9-12-24-26(32)22(30)15-27(6,7)35-24)8-11-23-17(2)14-21(19(4)34-23)28-25(31)13-10-18(3)33-20(5)29/h8-10,12-13,17-19,21-24,26,30,32H,11,14-15H2,1-7H3,(H,28,31)/b12-9+,13-10-,16-8+/t17-,18-,19+,21+,22-,23-,24+,26-/m0/s1. The average molecular weight is 494 g/mol. The van der Waals surface area contributed by atoms with E-state index in [0.29, 0.717) is 6.42 Å². The van der Waals surface area contributed by atoms with Gasteiger partial charge in [0, 0.05) is 19.4 Å². The van der Waals surface area contributed by atoms with Gasteiger partial charge in [0.05, 0.1) is 30.0 Å². The molecule has 198 valence electrons. The summed E-state index contributed by atoms with van der Waals surface area (Å²) in [6, 6.07) is -0.105. The van der Waals surface area contributed by atoms with Gasteiger partial charge in [-0.15, -0.1) is 0 Å². The minimum absolute atomic E-state index is 0.0262. The Kier molecular flexibility index (Phi) is 10.7. The van der Waals surface area contributed by atoms with Crippen molar-refractivity contribution in [2.45, 2.75) is 116 Å². The highest BCUT2D eigenvalue weighted by molar-refractivity contribution is 5.87. The van der Waals surface area contributed by atoms with E-state index in [1.807, 2.05) is 33.8 Å². The van der Waals surface area contributed by atoms with Gasteiger partial charge >= 0.3 is 5.97 Å². The van der Waals surface area contributed by atoms with Gasteiger partial charge in [-0.2, -0.15) is 0 Å². The number of aliphatic hydroxyl groups excluding tert-OH is 2. The maximum absolute atomic E-state index is 12.3. The van der Waals surface area contributed by atoms with Crippen LogP contribution in [0.5, 0.6) is 0 Å². The van der Waals surface area contributed by atoms with Crippen LogP contribution in [-0.4, -0.2) is 70.4 Å². The zero-order chi connectivity index (χ0) is 26.3. The summed E-state index contributed by atoms with van der Waals surface area (Å²) in [6.45, 7) is 12.9. The summed E-state index contributed by atoms with van der Waals surface area (Å²) in [5, 5.41) is 23.3. The van der Waals surface area contributed by atoms with Crippen molar-refractivity contribution in [3.63, 3.8) is 0 Å². The van der Waals surface area contributed by atoms with Gasteiger partial charge in [0.25, 0.3) is 0 Å². The summed E-state index contributed by atoms with van der Waals surface area (Å²) in [7, 11) is 0. The lowest BCUT2D eigenvalue weighted by atomic mass is 9.88. The number of carbonyl (C=O) groups excluding carboxylic acids is 2. The fourth-order valence-corrected chi connectivity index (χ4v) is 4.57. The second-order valence-electron chi connectivity index (χ2n) is 10.5. The van der Waals surface area contributed by atoms with E-state index in [-0.39, 0.29) is 36.0 Å². The van der Waals surface area contributed by atoms with Gasteiger partial charge in [-0.05, 0) is 59.5 Å². The number of esters is 1. The van der Waals surface area contributed by atoms with Gasteiger partial charge in [-0.25, -0.2) is 0 Å². The van der Waals surface area contributed by atoms with Crippen molar-refractivity contribution in [3.05, 3.63) is 36.0 Å². The molecule has 3 N–H and O–H groups in total. The average Bonchev–Trinajstić information content (AvgIpc) is 2.74.